The molecule has 0 atom stereocenters. The number of nitrogens with one attached hydrogen (secondary N) is 2. The van der Waals surface area contributed by atoms with Crippen LogP contribution in [0.4, 0.5) is 5.69 Å². The largest absolute Gasteiger partial charge is 0.494 e. The summed E-state index contributed by atoms with van der Waals surface area (Å²) in [5.41, 5.74) is 2.01. The van der Waals surface area contributed by atoms with Crippen molar-refractivity contribution in [3.8, 4) is 5.75 Å². The van der Waals surface area contributed by atoms with Gasteiger partial charge in [-0.25, -0.2) is 0 Å². The van der Waals surface area contributed by atoms with E-state index in [1.165, 1.54) is 11.0 Å². The van der Waals surface area contributed by atoms with E-state index in [1.54, 1.807) is 44.4 Å². The summed E-state index contributed by atoms with van der Waals surface area (Å²) in [4.78, 5) is 25.5. The number of amides is 2. The van der Waals surface area contributed by atoms with Crippen molar-refractivity contribution in [2.75, 3.05) is 26.0 Å². The summed E-state index contributed by atoms with van der Waals surface area (Å²) in [6.07, 6.45) is 3.08. The Bertz CT molecular complexity index is 877. The maximum atomic E-state index is 12.0. The smallest absolute Gasteiger partial charge is 0.253 e. The van der Waals surface area contributed by atoms with Crippen LogP contribution in [-0.2, 0) is 4.79 Å². The van der Waals surface area contributed by atoms with Crippen LogP contribution in [-0.4, -0.2) is 42.5 Å². The molecule has 0 spiro atoms. The van der Waals surface area contributed by atoms with Gasteiger partial charge < -0.3 is 15.0 Å². The zero-order valence-electron chi connectivity index (χ0n) is 16.1. The Kier molecular flexibility index (Phi) is 7.71. The Morgan fingerprint density at radius 3 is 2.50 bits per heavy atom. The van der Waals surface area contributed by atoms with Gasteiger partial charge >= 0.3 is 0 Å². The molecule has 2 aromatic rings. The van der Waals surface area contributed by atoms with Crippen LogP contribution in [0, 0.1) is 0 Å². The summed E-state index contributed by atoms with van der Waals surface area (Å²) in [7, 11) is 3.37. The molecule has 0 radical (unpaired) electrons. The number of hydrogen-bond acceptors (Lipinski definition) is 4. The molecule has 0 unspecified atom stereocenters. The molecule has 2 rings (SSSR count). The molecule has 0 heterocycles. The Labute approximate surface area is 170 Å². The van der Waals surface area contributed by atoms with E-state index in [1.807, 2.05) is 31.2 Å². The van der Waals surface area contributed by atoms with Gasteiger partial charge in [-0.15, -0.1) is 0 Å². The average molecular weight is 398 g/mol. The van der Waals surface area contributed by atoms with Crippen molar-refractivity contribution in [2.24, 2.45) is 0 Å². The topological polar surface area (TPSA) is 70.7 Å². The fourth-order valence-electron chi connectivity index (χ4n) is 2.32. The minimum Gasteiger partial charge on any atom is -0.494 e. The monoisotopic (exact) mass is 397 g/mol. The molecule has 2 aromatic carbocycles. The molecule has 0 aromatic heterocycles. The van der Waals surface area contributed by atoms with Gasteiger partial charge in [0, 0.05) is 31.4 Å². The number of nitrogens with zero attached hydrogens (tertiary/aromatic N) is 1. The first-order chi connectivity index (χ1) is 13.4. The van der Waals surface area contributed by atoms with Crippen molar-refractivity contribution in [2.45, 2.75) is 6.92 Å². The van der Waals surface area contributed by atoms with Gasteiger partial charge in [-0.05, 0) is 61.1 Å². The number of thiocarbonyl (C=S) groups is 1. The van der Waals surface area contributed by atoms with Crippen LogP contribution in [0.3, 0.4) is 0 Å². The molecule has 0 fully saturated rings. The Morgan fingerprint density at radius 2 is 1.86 bits per heavy atom. The second-order valence-electron chi connectivity index (χ2n) is 6.06. The second kappa shape index (κ2) is 10.2. The SMILES string of the molecule is CCOc1ccc(/C=C/C(=O)NC(=S)Nc2cccc(C(=O)N(C)C)c2)cc1. The van der Waals surface area contributed by atoms with Crippen molar-refractivity contribution < 1.29 is 14.3 Å². The first-order valence-electron chi connectivity index (χ1n) is 8.73. The van der Waals surface area contributed by atoms with E-state index in [-0.39, 0.29) is 16.9 Å². The van der Waals surface area contributed by atoms with E-state index in [4.69, 9.17) is 17.0 Å². The Morgan fingerprint density at radius 1 is 1.14 bits per heavy atom. The molecular formula is C21H23N3O3S. The minimum absolute atomic E-state index is 0.114. The summed E-state index contributed by atoms with van der Waals surface area (Å²) < 4.78 is 5.38. The lowest BCUT2D eigenvalue weighted by atomic mass is 10.2. The third kappa shape index (κ3) is 6.51. The van der Waals surface area contributed by atoms with Gasteiger partial charge in [0.15, 0.2) is 5.11 Å². The molecule has 2 N–H and O–H groups in total. The standard InChI is InChI=1S/C21H23N3O3S/c1-4-27-18-11-8-15(9-12-18)10-13-19(25)23-21(28)22-17-7-5-6-16(14-17)20(26)24(2)3/h5-14H,4H2,1-3H3,(H2,22,23,25,28)/b13-10+. The molecule has 6 nitrogen and oxygen atoms in total. The van der Waals surface area contributed by atoms with Crippen molar-refractivity contribution in [3.63, 3.8) is 0 Å². The van der Waals surface area contributed by atoms with E-state index >= 15 is 0 Å². The van der Waals surface area contributed by atoms with Crippen LogP contribution in [0.1, 0.15) is 22.8 Å². The summed E-state index contributed by atoms with van der Waals surface area (Å²) in [5.74, 6) is 0.313. The van der Waals surface area contributed by atoms with Gasteiger partial charge in [0.1, 0.15) is 5.75 Å². The number of benzene rings is 2. The van der Waals surface area contributed by atoms with Gasteiger partial charge in [-0.2, -0.15) is 0 Å². The molecule has 0 aliphatic rings. The highest BCUT2D eigenvalue weighted by Crippen LogP contribution is 2.13. The summed E-state index contributed by atoms with van der Waals surface area (Å²) >= 11 is 5.16. The van der Waals surface area contributed by atoms with Gasteiger partial charge in [-0.3, -0.25) is 14.9 Å². The van der Waals surface area contributed by atoms with Gasteiger partial charge in [-0.1, -0.05) is 18.2 Å². The van der Waals surface area contributed by atoms with E-state index in [0.717, 1.165) is 11.3 Å². The molecule has 0 saturated heterocycles. The van der Waals surface area contributed by atoms with Gasteiger partial charge in [0.25, 0.3) is 5.91 Å². The van der Waals surface area contributed by atoms with Crippen LogP contribution in [0.15, 0.2) is 54.6 Å². The highest BCUT2D eigenvalue weighted by Gasteiger charge is 2.09. The lowest BCUT2D eigenvalue weighted by Crippen LogP contribution is -2.32. The second-order valence-corrected chi connectivity index (χ2v) is 6.47. The Hall–Kier alpha value is -3.19. The normalized spacial score (nSPS) is 10.4. The molecule has 2 amide bonds. The van der Waals surface area contributed by atoms with Crippen LogP contribution >= 0.6 is 12.2 Å². The predicted molar refractivity (Wildman–Crippen MR) is 115 cm³/mol. The summed E-state index contributed by atoms with van der Waals surface area (Å²) in [6, 6.07) is 14.3. The number of hydrogen-bond donors (Lipinski definition) is 2. The van der Waals surface area contributed by atoms with E-state index in [0.29, 0.717) is 17.9 Å². The maximum absolute atomic E-state index is 12.0. The lowest BCUT2D eigenvalue weighted by molar-refractivity contribution is -0.115. The first-order valence-corrected chi connectivity index (χ1v) is 9.14. The van der Waals surface area contributed by atoms with Crippen molar-refractivity contribution in [1.29, 1.82) is 0 Å². The highest BCUT2D eigenvalue weighted by molar-refractivity contribution is 7.80. The number of carbonyl (C=O) groups is 2. The van der Waals surface area contributed by atoms with Crippen LogP contribution in [0.2, 0.25) is 0 Å². The molecule has 7 heteroatoms. The molecule has 28 heavy (non-hydrogen) atoms. The van der Waals surface area contributed by atoms with Crippen LogP contribution < -0.4 is 15.4 Å². The van der Waals surface area contributed by atoms with E-state index < -0.39 is 0 Å². The van der Waals surface area contributed by atoms with Gasteiger partial charge in [0.2, 0.25) is 5.91 Å². The molecule has 0 aliphatic heterocycles. The van der Waals surface area contributed by atoms with Crippen molar-refractivity contribution in [1.82, 2.24) is 10.2 Å². The third-order valence-electron chi connectivity index (χ3n) is 3.63. The quantitative estimate of drug-likeness (QED) is 0.578. The van der Waals surface area contributed by atoms with Gasteiger partial charge in [0.05, 0.1) is 6.61 Å². The number of rotatable bonds is 6. The third-order valence-corrected chi connectivity index (χ3v) is 3.83. The minimum atomic E-state index is -0.355. The Balaban J connectivity index is 1.91. The van der Waals surface area contributed by atoms with E-state index in [2.05, 4.69) is 10.6 Å². The molecule has 146 valence electrons. The molecule has 0 saturated carbocycles. The maximum Gasteiger partial charge on any atom is 0.253 e. The molecule has 0 aliphatic carbocycles. The van der Waals surface area contributed by atoms with Crippen molar-refractivity contribution in [3.05, 3.63) is 65.7 Å². The van der Waals surface area contributed by atoms with Crippen molar-refractivity contribution >= 4 is 40.9 Å². The lowest BCUT2D eigenvalue weighted by Gasteiger charge is -2.12. The summed E-state index contributed by atoms with van der Waals surface area (Å²) in [6.45, 7) is 2.53. The number of carbonyl (C=O) groups excluding carboxylic acids is 2. The fourth-order valence-corrected chi connectivity index (χ4v) is 2.54. The zero-order chi connectivity index (χ0) is 20.5. The average Bonchev–Trinajstić information content (AvgIpc) is 2.67. The van der Waals surface area contributed by atoms with E-state index in [9.17, 15) is 9.59 Å². The highest BCUT2D eigenvalue weighted by atomic mass is 32.1. The molecule has 0 bridgehead atoms. The number of anilines is 1. The zero-order valence-corrected chi connectivity index (χ0v) is 16.9. The van der Waals surface area contributed by atoms with Crippen LogP contribution in [0.5, 0.6) is 5.75 Å². The molecular weight excluding hydrogens is 374 g/mol. The van der Waals surface area contributed by atoms with Crippen LogP contribution in [0.25, 0.3) is 6.08 Å². The summed E-state index contributed by atoms with van der Waals surface area (Å²) in [5, 5.41) is 5.63. The fraction of sp³-hybridized carbons (Fsp3) is 0.190. The first kappa shape index (κ1) is 21.1. The number of ether oxygens (including phenoxy) is 1. The predicted octanol–water partition coefficient (Wildman–Crippen LogP) is 3.31.